The number of hydrogen-bond donors (Lipinski definition) is 1. The van der Waals surface area contributed by atoms with E-state index in [4.69, 9.17) is 14.2 Å². The highest BCUT2D eigenvalue weighted by Gasteiger charge is 2.17. The van der Waals surface area contributed by atoms with E-state index < -0.39 is 10.9 Å². The molecule has 37 heavy (non-hydrogen) atoms. The van der Waals surface area contributed by atoms with Crippen LogP contribution in [0.15, 0.2) is 77.2 Å². The molecule has 0 amide bonds. The molecule has 1 heterocycles. The second-order valence-electron chi connectivity index (χ2n) is 7.44. The molecule has 0 unspecified atom stereocenters. The van der Waals surface area contributed by atoms with Crippen LogP contribution in [-0.4, -0.2) is 35.8 Å². The number of anilines is 1. The van der Waals surface area contributed by atoms with Crippen molar-refractivity contribution in [2.75, 3.05) is 19.1 Å². The standard InChI is InChI=1S/C26H22N4O6S/c1-3-35-24-14-17(8-13-23(24)36-25(31)20-6-4-5-7-22(20)34-2)15-27-29-26-28-21(16-37-26)18-9-11-19(12-10-18)30(32)33/h4-16H,3H2,1-2H3,(H,28,29)/b27-15+. The second kappa shape index (κ2) is 11.8. The lowest BCUT2D eigenvalue weighted by Gasteiger charge is -2.12. The number of nitrogens with zero attached hydrogens (tertiary/aromatic N) is 3. The van der Waals surface area contributed by atoms with Crippen molar-refractivity contribution in [1.29, 1.82) is 0 Å². The normalized spacial score (nSPS) is 10.8. The zero-order valence-corrected chi connectivity index (χ0v) is 20.7. The Morgan fingerprint density at radius 3 is 2.62 bits per heavy atom. The molecule has 0 saturated heterocycles. The number of non-ortho nitro benzene ring substituents is 1. The summed E-state index contributed by atoms with van der Waals surface area (Å²) < 4.78 is 16.5. The second-order valence-corrected chi connectivity index (χ2v) is 8.30. The fraction of sp³-hybridized carbons (Fsp3) is 0.115. The number of rotatable bonds is 10. The third-order valence-corrected chi connectivity index (χ3v) is 5.80. The quantitative estimate of drug-likeness (QED) is 0.0919. The van der Waals surface area contributed by atoms with Gasteiger partial charge in [-0.25, -0.2) is 9.78 Å². The average molecular weight is 519 g/mol. The minimum Gasteiger partial charge on any atom is -0.496 e. The van der Waals surface area contributed by atoms with Crippen LogP contribution in [0, 0.1) is 10.1 Å². The van der Waals surface area contributed by atoms with Crippen molar-refractivity contribution in [3.05, 3.63) is 93.4 Å². The number of nitrogens with one attached hydrogen (secondary N) is 1. The molecular weight excluding hydrogens is 496 g/mol. The number of nitro groups is 1. The Hall–Kier alpha value is -4.77. The maximum Gasteiger partial charge on any atom is 0.347 e. The number of benzene rings is 3. The highest BCUT2D eigenvalue weighted by Crippen LogP contribution is 2.30. The van der Waals surface area contributed by atoms with Gasteiger partial charge in [-0.3, -0.25) is 15.5 Å². The van der Waals surface area contributed by atoms with Gasteiger partial charge >= 0.3 is 5.97 Å². The van der Waals surface area contributed by atoms with Crippen molar-refractivity contribution in [3.8, 4) is 28.5 Å². The molecule has 0 bridgehead atoms. The predicted octanol–water partition coefficient (Wildman–Crippen LogP) is 5.79. The summed E-state index contributed by atoms with van der Waals surface area (Å²) in [6.45, 7) is 2.21. The largest absolute Gasteiger partial charge is 0.496 e. The number of carbonyl (C=O) groups excluding carboxylic acids is 1. The molecule has 0 radical (unpaired) electrons. The Kier molecular flexibility index (Phi) is 8.06. The fourth-order valence-corrected chi connectivity index (χ4v) is 3.97. The van der Waals surface area contributed by atoms with Crippen LogP contribution in [0.1, 0.15) is 22.8 Å². The Labute approximate surface area is 216 Å². The number of methoxy groups -OCH3 is 1. The van der Waals surface area contributed by atoms with E-state index in [1.807, 2.05) is 12.3 Å². The van der Waals surface area contributed by atoms with Gasteiger partial charge in [-0.2, -0.15) is 5.10 Å². The first-order valence-electron chi connectivity index (χ1n) is 11.1. The van der Waals surface area contributed by atoms with Crippen LogP contribution in [0.25, 0.3) is 11.3 Å². The molecule has 0 aliphatic carbocycles. The Morgan fingerprint density at radius 1 is 1.11 bits per heavy atom. The molecule has 0 aliphatic rings. The number of ether oxygens (including phenoxy) is 3. The van der Waals surface area contributed by atoms with E-state index in [-0.39, 0.29) is 11.4 Å². The maximum atomic E-state index is 12.7. The molecule has 3 aromatic carbocycles. The predicted molar refractivity (Wildman–Crippen MR) is 141 cm³/mol. The van der Waals surface area contributed by atoms with Crippen LogP contribution in [-0.2, 0) is 0 Å². The molecule has 0 aliphatic heterocycles. The van der Waals surface area contributed by atoms with E-state index in [0.29, 0.717) is 40.1 Å². The summed E-state index contributed by atoms with van der Waals surface area (Å²) in [5.74, 6) is 0.522. The van der Waals surface area contributed by atoms with Crippen molar-refractivity contribution >= 4 is 34.3 Å². The first kappa shape index (κ1) is 25.3. The third kappa shape index (κ3) is 6.27. The molecule has 0 atom stereocenters. The number of hydrazone groups is 1. The zero-order chi connectivity index (χ0) is 26.2. The van der Waals surface area contributed by atoms with Crippen LogP contribution >= 0.6 is 11.3 Å². The molecular formula is C26H22N4O6S. The summed E-state index contributed by atoms with van der Waals surface area (Å²) in [4.78, 5) is 27.5. The minimum absolute atomic E-state index is 0.0222. The van der Waals surface area contributed by atoms with Gasteiger partial charge < -0.3 is 14.2 Å². The van der Waals surface area contributed by atoms with Gasteiger partial charge in [0, 0.05) is 23.1 Å². The molecule has 0 fully saturated rings. The summed E-state index contributed by atoms with van der Waals surface area (Å²) in [6.07, 6.45) is 1.58. The Morgan fingerprint density at radius 2 is 1.89 bits per heavy atom. The van der Waals surface area contributed by atoms with Gasteiger partial charge in [0.25, 0.3) is 5.69 Å². The van der Waals surface area contributed by atoms with Gasteiger partial charge in [0.15, 0.2) is 11.5 Å². The van der Waals surface area contributed by atoms with Gasteiger partial charge in [-0.15, -0.1) is 11.3 Å². The molecule has 11 heteroatoms. The number of aromatic nitrogens is 1. The monoisotopic (exact) mass is 518 g/mol. The number of hydrogen-bond acceptors (Lipinski definition) is 10. The van der Waals surface area contributed by atoms with E-state index in [1.54, 1.807) is 60.8 Å². The molecule has 188 valence electrons. The van der Waals surface area contributed by atoms with Crippen molar-refractivity contribution in [3.63, 3.8) is 0 Å². The highest BCUT2D eigenvalue weighted by atomic mass is 32.1. The average Bonchev–Trinajstić information content (AvgIpc) is 3.39. The van der Waals surface area contributed by atoms with Gasteiger partial charge in [0.2, 0.25) is 5.13 Å². The lowest BCUT2D eigenvalue weighted by molar-refractivity contribution is -0.384. The van der Waals surface area contributed by atoms with Crippen molar-refractivity contribution in [1.82, 2.24) is 4.98 Å². The first-order chi connectivity index (χ1) is 18.0. The summed E-state index contributed by atoms with van der Waals surface area (Å²) in [6, 6.07) is 18.1. The fourth-order valence-electron chi connectivity index (χ4n) is 3.30. The number of nitro benzene ring substituents is 1. The topological polar surface area (TPSA) is 125 Å². The number of carbonyl (C=O) groups is 1. The third-order valence-electron chi connectivity index (χ3n) is 5.05. The molecule has 4 aromatic rings. The van der Waals surface area contributed by atoms with Crippen molar-refractivity contribution < 1.29 is 23.9 Å². The van der Waals surface area contributed by atoms with Crippen LogP contribution in [0.4, 0.5) is 10.8 Å². The minimum atomic E-state index is -0.561. The summed E-state index contributed by atoms with van der Waals surface area (Å²) >= 11 is 1.35. The summed E-state index contributed by atoms with van der Waals surface area (Å²) in [5, 5.41) is 17.4. The zero-order valence-electron chi connectivity index (χ0n) is 19.9. The lowest BCUT2D eigenvalue weighted by Crippen LogP contribution is -2.11. The smallest absolute Gasteiger partial charge is 0.347 e. The Balaban J connectivity index is 1.43. The highest BCUT2D eigenvalue weighted by molar-refractivity contribution is 7.14. The van der Waals surface area contributed by atoms with E-state index in [9.17, 15) is 14.9 Å². The summed E-state index contributed by atoms with van der Waals surface area (Å²) in [5.41, 5.74) is 5.35. The molecule has 1 aromatic heterocycles. The SMILES string of the molecule is CCOc1cc(/C=N/Nc2nc(-c3ccc([N+](=O)[O-])cc3)cs2)ccc1OC(=O)c1ccccc1OC. The molecule has 4 rings (SSSR count). The van der Waals surface area contributed by atoms with Gasteiger partial charge in [-0.1, -0.05) is 12.1 Å². The molecule has 0 saturated carbocycles. The van der Waals surface area contributed by atoms with Gasteiger partial charge in [0.05, 0.1) is 30.5 Å². The van der Waals surface area contributed by atoms with Crippen molar-refractivity contribution in [2.45, 2.75) is 6.92 Å². The van der Waals surface area contributed by atoms with E-state index >= 15 is 0 Å². The van der Waals surface area contributed by atoms with E-state index in [1.165, 1.54) is 30.6 Å². The van der Waals surface area contributed by atoms with Crippen LogP contribution in [0.2, 0.25) is 0 Å². The number of para-hydroxylation sites is 1. The summed E-state index contributed by atoms with van der Waals surface area (Å²) in [7, 11) is 1.49. The number of thiazole rings is 1. The van der Waals surface area contributed by atoms with Crippen molar-refractivity contribution in [2.24, 2.45) is 5.10 Å². The molecule has 1 N–H and O–H groups in total. The van der Waals surface area contributed by atoms with Crippen LogP contribution < -0.4 is 19.6 Å². The maximum absolute atomic E-state index is 12.7. The van der Waals surface area contributed by atoms with Crippen LogP contribution in [0.5, 0.6) is 17.2 Å². The Bertz CT molecular complexity index is 1440. The van der Waals surface area contributed by atoms with E-state index in [2.05, 4.69) is 15.5 Å². The van der Waals surface area contributed by atoms with Crippen LogP contribution in [0.3, 0.4) is 0 Å². The van der Waals surface area contributed by atoms with Gasteiger partial charge in [-0.05, 0) is 55.0 Å². The lowest BCUT2D eigenvalue weighted by atomic mass is 10.1. The molecule has 0 spiro atoms. The number of esters is 1. The van der Waals surface area contributed by atoms with Gasteiger partial charge in [0.1, 0.15) is 11.3 Å². The van der Waals surface area contributed by atoms with E-state index in [0.717, 1.165) is 5.56 Å². The first-order valence-corrected chi connectivity index (χ1v) is 12.0. The molecule has 10 nitrogen and oxygen atoms in total.